The first-order valence-corrected chi connectivity index (χ1v) is 6.06. The smallest absolute Gasteiger partial charge is 0.204 e. The third-order valence-corrected chi connectivity index (χ3v) is 3.12. The van der Waals surface area contributed by atoms with Crippen LogP contribution in [-0.2, 0) is 0 Å². The van der Waals surface area contributed by atoms with Gasteiger partial charge in [0, 0.05) is 26.0 Å². The highest BCUT2D eigenvalue weighted by atomic mass is 32.1. The highest BCUT2D eigenvalue weighted by Crippen LogP contribution is 2.17. The van der Waals surface area contributed by atoms with E-state index in [1.807, 2.05) is 30.4 Å². The summed E-state index contributed by atoms with van der Waals surface area (Å²) >= 11 is 1.62. The molecular weight excluding hydrogens is 236 g/mol. The van der Waals surface area contributed by atoms with E-state index in [0.29, 0.717) is 12.5 Å². The van der Waals surface area contributed by atoms with Gasteiger partial charge in [0.25, 0.3) is 0 Å². The third kappa shape index (κ3) is 4.28. The molecule has 0 fully saturated rings. The molecule has 6 nitrogen and oxygen atoms in total. The molecule has 17 heavy (non-hydrogen) atoms. The number of hydrogen-bond acceptors (Lipinski definition) is 5. The van der Waals surface area contributed by atoms with Gasteiger partial charge in [0.15, 0.2) is 11.3 Å². The molecule has 0 spiro atoms. The first-order valence-electron chi connectivity index (χ1n) is 5.18. The molecule has 0 saturated heterocycles. The van der Waals surface area contributed by atoms with Gasteiger partial charge in [-0.15, -0.1) is 11.3 Å². The minimum Gasteiger partial charge on any atom is -0.359 e. The molecule has 1 rings (SSSR count). The fourth-order valence-corrected chi connectivity index (χ4v) is 1.95. The van der Waals surface area contributed by atoms with E-state index >= 15 is 0 Å². The summed E-state index contributed by atoms with van der Waals surface area (Å²) in [6.45, 7) is 3.33. The van der Waals surface area contributed by atoms with Crippen LogP contribution in [0.15, 0.2) is 10.4 Å². The fraction of sp³-hybridized carbons (Fsp3) is 0.500. The summed E-state index contributed by atoms with van der Waals surface area (Å²) in [7, 11) is 3.70. The third-order valence-electron chi connectivity index (χ3n) is 2.05. The van der Waals surface area contributed by atoms with E-state index in [2.05, 4.69) is 20.6 Å². The number of aliphatic imine (C=N–C) groups is 1. The van der Waals surface area contributed by atoms with E-state index in [-0.39, 0.29) is 0 Å². The Bertz CT molecular complexity index is 419. The van der Waals surface area contributed by atoms with Gasteiger partial charge in [0.2, 0.25) is 5.96 Å². The highest BCUT2D eigenvalue weighted by molar-refractivity contribution is 7.13. The number of nitrogens with zero attached hydrogens (tertiary/aromatic N) is 4. The van der Waals surface area contributed by atoms with E-state index in [9.17, 15) is 0 Å². The molecular formula is C10H16N6S. The predicted molar refractivity (Wildman–Crippen MR) is 70.2 cm³/mol. The van der Waals surface area contributed by atoms with Crippen molar-refractivity contribution >= 4 is 22.4 Å². The van der Waals surface area contributed by atoms with Crippen LogP contribution in [-0.4, -0.2) is 38.1 Å². The van der Waals surface area contributed by atoms with Gasteiger partial charge >= 0.3 is 0 Å². The average Bonchev–Trinajstić information content (AvgIpc) is 2.74. The summed E-state index contributed by atoms with van der Waals surface area (Å²) in [5, 5.41) is 16.7. The molecule has 1 aromatic rings. The van der Waals surface area contributed by atoms with Crippen molar-refractivity contribution in [2.45, 2.75) is 6.92 Å². The maximum Gasteiger partial charge on any atom is 0.204 e. The van der Waals surface area contributed by atoms with Gasteiger partial charge in [-0.3, -0.25) is 10.3 Å². The standard InChI is InChI=1S/C10H16N6S/c1-8-6-17-10(15-8)16(3)5-4-13-9(12-2)14-7-11/h6H,4-5H2,1-3H3,(H2,12,13,14). The van der Waals surface area contributed by atoms with Crippen LogP contribution in [0.3, 0.4) is 0 Å². The molecule has 0 amide bonds. The highest BCUT2D eigenvalue weighted by Gasteiger charge is 2.04. The Hall–Kier alpha value is -1.81. The SMILES string of the molecule is CNC(=NCCN(C)c1nc(C)cs1)NC#N. The van der Waals surface area contributed by atoms with Gasteiger partial charge in [-0.1, -0.05) is 0 Å². The molecule has 0 unspecified atom stereocenters. The molecule has 0 atom stereocenters. The number of rotatable bonds is 4. The Morgan fingerprint density at radius 1 is 1.71 bits per heavy atom. The van der Waals surface area contributed by atoms with Gasteiger partial charge in [-0.2, -0.15) is 5.26 Å². The van der Waals surface area contributed by atoms with Crippen LogP contribution in [0.25, 0.3) is 0 Å². The lowest BCUT2D eigenvalue weighted by molar-refractivity contribution is 0.865. The van der Waals surface area contributed by atoms with E-state index in [0.717, 1.165) is 17.4 Å². The molecule has 0 saturated carbocycles. The van der Waals surface area contributed by atoms with Crippen molar-refractivity contribution < 1.29 is 0 Å². The van der Waals surface area contributed by atoms with Gasteiger partial charge in [0.05, 0.1) is 12.2 Å². The molecule has 0 aromatic carbocycles. The molecule has 1 aromatic heterocycles. The first-order chi connectivity index (χ1) is 8.17. The topological polar surface area (TPSA) is 76.3 Å². The second kappa shape index (κ2) is 6.70. The molecule has 0 aliphatic rings. The van der Waals surface area contributed by atoms with E-state index < -0.39 is 0 Å². The van der Waals surface area contributed by atoms with Crippen molar-refractivity contribution in [3.8, 4) is 6.19 Å². The van der Waals surface area contributed by atoms with Crippen molar-refractivity contribution in [1.29, 1.82) is 5.26 Å². The van der Waals surface area contributed by atoms with E-state index in [1.54, 1.807) is 18.4 Å². The van der Waals surface area contributed by atoms with E-state index in [4.69, 9.17) is 5.26 Å². The maximum atomic E-state index is 8.46. The molecule has 0 bridgehead atoms. The zero-order valence-electron chi connectivity index (χ0n) is 10.2. The predicted octanol–water partition coefficient (Wildman–Crippen LogP) is 0.534. The lowest BCUT2D eigenvalue weighted by Crippen LogP contribution is -2.32. The van der Waals surface area contributed by atoms with Crippen molar-refractivity contribution in [3.63, 3.8) is 0 Å². The molecule has 7 heteroatoms. The van der Waals surface area contributed by atoms with Crippen molar-refractivity contribution in [1.82, 2.24) is 15.6 Å². The van der Waals surface area contributed by atoms with Crippen LogP contribution in [0.1, 0.15) is 5.69 Å². The number of hydrogen-bond donors (Lipinski definition) is 2. The molecule has 0 aliphatic heterocycles. The van der Waals surface area contributed by atoms with Crippen molar-refractivity contribution in [2.75, 3.05) is 32.1 Å². The normalized spacial score (nSPS) is 10.8. The molecule has 0 radical (unpaired) electrons. The fourth-order valence-electron chi connectivity index (χ4n) is 1.16. The van der Waals surface area contributed by atoms with Crippen LogP contribution in [0.4, 0.5) is 5.13 Å². The minimum atomic E-state index is 0.483. The number of thiazole rings is 1. The Morgan fingerprint density at radius 2 is 2.47 bits per heavy atom. The minimum absolute atomic E-state index is 0.483. The van der Waals surface area contributed by atoms with Gasteiger partial charge < -0.3 is 10.2 Å². The zero-order chi connectivity index (χ0) is 12.7. The molecule has 2 N–H and O–H groups in total. The van der Waals surface area contributed by atoms with Crippen LogP contribution >= 0.6 is 11.3 Å². The Labute approximate surface area is 105 Å². The quantitative estimate of drug-likeness (QED) is 0.354. The molecule has 92 valence electrons. The second-order valence-electron chi connectivity index (χ2n) is 3.41. The zero-order valence-corrected chi connectivity index (χ0v) is 11.0. The van der Waals surface area contributed by atoms with Crippen LogP contribution in [0.2, 0.25) is 0 Å². The van der Waals surface area contributed by atoms with Gasteiger partial charge in [-0.25, -0.2) is 4.98 Å². The Kier molecular flexibility index (Phi) is 5.23. The summed E-state index contributed by atoms with van der Waals surface area (Å²) in [5.74, 6) is 0.483. The summed E-state index contributed by atoms with van der Waals surface area (Å²) in [5.41, 5.74) is 1.03. The monoisotopic (exact) mass is 252 g/mol. The first kappa shape index (κ1) is 13.3. The number of nitrogens with one attached hydrogen (secondary N) is 2. The summed E-state index contributed by atoms with van der Waals surface area (Å²) in [6, 6.07) is 0. The Morgan fingerprint density at radius 3 is 3.00 bits per heavy atom. The Balaban J connectivity index is 2.43. The van der Waals surface area contributed by atoms with Gasteiger partial charge in [0.1, 0.15) is 0 Å². The molecule has 0 aliphatic carbocycles. The summed E-state index contributed by atoms with van der Waals surface area (Å²) < 4.78 is 0. The summed E-state index contributed by atoms with van der Waals surface area (Å²) in [4.78, 5) is 10.6. The number of guanidine groups is 1. The van der Waals surface area contributed by atoms with Crippen LogP contribution < -0.4 is 15.5 Å². The number of aryl methyl sites for hydroxylation is 1. The number of likely N-dealkylation sites (N-methyl/N-ethyl adjacent to an activating group) is 1. The summed E-state index contributed by atoms with van der Waals surface area (Å²) in [6.07, 6.45) is 1.82. The largest absolute Gasteiger partial charge is 0.359 e. The number of anilines is 1. The van der Waals surface area contributed by atoms with Crippen molar-refractivity contribution in [2.24, 2.45) is 4.99 Å². The van der Waals surface area contributed by atoms with Gasteiger partial charge in [-0.05, 0) is 6.92 Å². The maximum absolute atomic E-state index is 8.46. The van der Waals surface area contributed by atoms with Crippen LogP contribution in [0, 0.1) is 18.4 Å². The lowest BCUT2D eigenvalue weighted by Gasteiger charge is -2.14. The second-order valence-corrected chi connectivity index (χ2v) is 4.25. The average molecular weight is 252 g/mol. The van der Waals surface area contributed by atoms with E-state index in [1.165, 1.54) is 0 Å². The van der Waals surface area contributed by atoms with Crippen LogP contribution in [0.5, 0.6) is 0 Å². The lowest BCUT2D eigenvalue weighted by atomic mass is 10.5. The number of nitriles is 1. The molecule has 1 heterocycles. The number of aromatic nitrogens is 1. The van der Waals surface area contributed by atoms with Crippen molar-refractivity contribution in [3.05, 3.63) is 11.1 Å².